The van der Waals surface area contributed by atoms with E-state index in [0.29, 0.717) is 16.6 Å². The summed E-state index contributed by atoms with van der Waals surface area (Å²) in [6.45, 7) is 0. The predicted octanol–water partition coefficient (Wildman–Crippen LogP) is 5.51. The second kappa shape index (κ2) is 8.68. The second-order valence-electron chi connectivity index (χ2n) is 7.61. The molecule has 176 valence electrons. The minimum Gasteiger partial charge on any atom is -0.465 e. The Hall–Kier alpha value is -3.95. The topological polar surface area (TPSA) is 94.0 Å². The summed E-state index contributed by atoms with van der Waals surface area (Å²) in [4.78, 5) is 20.0. The zero-order valence-corrected chi connectivity index (χ0v) is 19.8. The summed E-state index contributed by atoms with van der Waals surface area (Å²) in [6, 6.07) is 17.0. The first-order valence-corrected chi connectivity index (χ1v) is 12.2. The van der Waals surface area contributed by atoms with Crippen molar-refractivity contribution in [2.75, 3.05) is 7.11 Å². The molecule has 0 spiro atoms. The average Bonchev–Trinajstić information content (AvgIpc) is 3.49. The van der Waals surface area contributed by atoms with E-state index in [1.54, 1.807) is 30.3 Å². The Bertz CT molecular complexity index is 1690. The van der Waals surface area contributed by atoms with E-state index in [2.05, 4.69) is 9.97 Å². The standard InChI is InChI=1S/C25H17ClFN3O4S/c1-34-25(31)20-14-22(29-23(20)19-8-7-15(26)13-21(19)27)17-9-11-28-24-18(17)10-12-30(24)35(32,33)16-5-3-2-4-6-16/h2-14,29H,1H3. The van der Waals surface area contributed by atoms with Crippen LogP contribution < -0.4 is 0 Å². The second-order valence-corrected chi connectivity index (χ2v) is 9.86. The van der Waals surface area contributed by atoms with E-state index in [4.69, 9.17) is 16.3 Å². The molecule has 0 aliphatic rings. The van der Waals surface area contributed by atoms with Gasteiger partial charge in [0.15, 0.2) is 5.65 Å². The first-order chi connectivity index (χ1) is 16.8. The van der Waals surface area contributed by atoms with Crippen molar-refractivity contribution >= 4 is 38.6 Å². The van der Waals surface area contributed by atoms with Crippen LogP contribution in [0.4, 0.5) is 4.39 Å². The molecule has 5 rings (SSSR count). The lowest BCUT2D eigenvalue weighted by molar-refractivity contribution is 0.0602. The van der Waals surface area contributed by atoms with Crippen LogP contribution in [-0.2, 0) is 14.8 Å². The van der Waals surface area contributed by atoms with Crippen molar-refractivity contribution in [3.05, 3.63) is 95.5 Å². The minimum absolute atomic E-state index is 0.116. The third-order valence-corrected chi connectivity index (χ3v) is 7.48. The van der Waals surface area contributed by atoms with Crippen molar-refractivity contribution in [2.45, 2.75) is 4.90 Å². The molecule has 3 heterocycles. The van der Waals surface area contributed by atoms with Crippen LogP contribution in [0.15, 0.2) is 84.0 Å². The lowest BCUT2D eigenvalue weighted by atomic mass is 10.1. The molecule has 1 N–H and O–H groups in total. The summed E-state index contributed by atoms with van der Waals surface area (Å²) >= 11 is 5.88. The molecule has 5 aromatic rings. The summed E-state index contributed by atoms with van der Waals surface area (Å²) in [5.74, 6) is -1.28. The van der Waals surface area contributed by atoms with E-state index in [9.17, 15) is 17.6 Å². The molecule has 0 atom stereocenters. The third kappa shape index (κ3) is 3.88. The van der Waals surface area contributed by atoms with Gasteiger partial charge < -0.3 is 9.72 Å². The minimum atomic E-state index is -3.89. The number of rotatable bonds is 5. The molecule has 0 amide bonds. The largest absolute Gasteiger partial charge is 0.465 e. The van der Waals surface area contributed by atoms with Crippen molar-refractivity contribution < 1.29 is 22.3 Å². The van der Waals surface area contributed by atoms with E-state index in [1.807, 2.05) is 0 Å². The summed E-state index contributed by atoms with van der Waals surface area (Å²) < 4.78 is 47.1. The van der Waals surface area contributed by atoms with Gasteiger partial charge >= 0.3 is 5.97 Å². The Morgan fingerprint density at radius 1 is 1.06 bits per heavy atom. The molecule has 3 aromatic heterocycles. The molecule has 7 nitrogen and oxygen atoms in total. The van der Waals surface area contributed by atoms with Crippen LogP contribution >= 0.6 is 11.6 Å². The number of nitrogens with zero attached hydrogens (tertiary/aromatic N) is 2. The van der Waals surface area contributed by atoms with Crippen LogP contribution in [0.25, 0.3) is 33.5 Å². The highest BCUT2D eigenvalue weighted by Crippen LogP contribution is 2.35. The Balaban J connectivity index is 1.69. The highest BCUT2D eigenvalue weighted by molar-refractivity contribution is 7.90. The number of H-pyrrole nitrogens is 1. The summed E-state index contributed by atoms with van der Waals surface area (Å²) in [5.41, 5.74) is 1.70. The molecule has 35 heavy (non-hydrogen) atoms. The highest BCUT2D eigenvalue weighted by Gasteiger charge is 2.24. The maximum Gasteiger partial charge on any atom is 0.340 e. The van der Waals surface area contributed by atoms with Gasteiger partial charge in [-0.15, -0.1) is 0 Å². The van der Waals surface area contributed by atoms with Gasteiger partial charge in [-0.05, 0) is 48.5 Å². The van der Waals surface area contributed by atoms with Gasteiger partial charge in [0.1, 0.15) is 5.82 Å². The SMILES string of the molecule is COC(=O)c1cc(-c2ccnc3c2ccn3S(=O)(=O)c2ccccc2)[nH]c1-c1ccc(Cl)cc1F. The molecular weight excluding hydrogens is 493 g/mol. The van der Waals surface area contributed by atoms with Crippen LogP contribution in [0.2, 0.25) is 5.02 Å². The van der Waals surface area contributed by atoms with Crippen LogP contribution in [0.5, 0.6) is 0 Å². The number of fused-ring (bicyclic) bond motifs is 1. The number of benzene rings is 2. The number of hydrogen-bond acceptors (Lipinski definition) is 5. The summed E-state index contributed by atoms with van der Waals surface area (Å²) in [5, 5.41) is 0.738. The van der Waals surface area contributed by atoms with Gasteiger partial charge in [0.25, 0.3) is 10.0 Å². The number of ether oxygens (including phenoxy) is 1. The molecule has 0 saturated carbocycles. The molecule has 10 heteroatoms. The van der Waals surface area contributed by atoms with E-state index in [0.717, 1.165) is 10.0 Å². The number of carbonyl (C=O) groups is 1. The molecule has 0 bridgehead atoms. The monoisotopic (exact) mass is 509 g/mol. The number of esters is 1. The molecule has 0 fully saturated rings. The van der Waals surface area contributed by atoms with E-state index in [-0.39, 0.29) is 32.4 Å². The summed E-state index contributed by atoms with van der Waals surface area (Å²) in [7, 11) is -2.65. The Morgan fingerprint density at radius 2 is 1.83 bits per heavy atom. The number of carbonyl (C=O) groups excluding carboxylic acids is 1. The number of aromatic amines is 1. The first kappa shape index (κ1) is 22.8. The van der Waals surface area contributed by atoms with Gasteiger partial charge in [0.2, 0.25) is 0 Å². The number of halogens is 2. The fraction of sp³-hybridized carbons (Fsp3) is 0.0400. The fourth-order valence-corrected chi connectivity index (χ4v) is 5.41. The molecule has 0 aliphatic carbocycles. The Kier molecular flexibility index (Phi) is 5.66. The van der Waals surface area contributed by atoms with E-state index in [1.165, 1.54) is 49.8 Å². The Morgan fingerprint density at radius 3 is 2.54 bits per heavy atom. The number of aromatic nitrogens is 3. The molecule has 0 aliphatic heterocycles. The summed E-state index contributed by atoms with van der Waals surface area (Å²) in [6.07, 6.45) is 2.89. The van der Waals surface area contributed by atoms with Crippen molar-refractivity contribution in [3.8, 4) is 22.5 Å². The molecular formula is C25H17ClFN3O4S. The molecule has 0 unspecified atom stereocenters. The predicted molar refractivity (Wildman–Crippen MR) is 130 cm³/mol. The third-order valence-electron chi connectivity index (χ3n) is 5.57. The zero-order valence-electron chi connectivity index (χ0n) is 18.2. The highest BCUT2D eigenvalue weighted by atomic mass is 35.5. The fourth-order valence-electron chi connectivity index (χ4n) is 3.93. The smallest absolute Gasteiger partial charge is 0.340 e. The van der Waals surface area contributed by atoms with Gasteiger partial charge in [-0.25, -0.2) is 26.6 Å². The number of hydrogen-bond donors (Lipinski definition) is 1. The molecule has 2 aromatic carbocycles. The number of nitrogens with one attached hydrogen (secondary N) is 1. The van der Waals surface area contributed by atoms with Crippen LogP contribution in [-0.4, -0.2) is 35.4 Å². The van der Waals surface area contributed by atoms with Crippen molar-refractivity contribution in [3.63, 3.8) is 0 Å². The van der Waals surface area contributed by atoms with Gasteiger partial charge in [-0.3, -0.25) is 0 Å². The molecule has 0 saturated heterocycles. The van der Waals surface area contributed by atoms with Crippen molar-refractivity contribution in [2.24, 2.45) is 0 Å². The quantitative estimate of drug-likeness (QED) is 0.315. The van der Waals surface area contributed by atoms with Crippen LogP contribution in [0.3, 0.4) is 0 Å². The van der Waals surface area contributed by atoms with E-state index < -0.39 is 21.8 Å². The van der Waals surface area contributed by atoms with Gasteiger partial charge in [-0.2, -0.15) is 0 Å². The van der Waals surface area contributed by atoms with Crippen LogP contribution in [0, 0.1) is 5.82 Å². The maximum atomic E-state index is 14.7. The van der Waals surface area contributed by atoms with Gasteiger partial charge in [0.05, 0.1) is 23.3 Å². The van der Waals surface area contributed by atoms with Gasteiger partial charge in [-0.1, -0.05) is 29.8 Å². The first-order valence-electron chi connectivity index (χ1n) is 10.3. The van der Waals surface area contributed by atoms with Crippen molar-refractivity contribution in [1.82, 2.24) is 13.9 Å². The molecule has 0 radical (unpaired) electrons. The number of pyridine rings is 1. The van der Waals surface area contributed by atoms with Crippen molar-refractivity contribution in [1.29, 1.82) is 0 Å². The zero-order chi connectivity index (χ0) is 24.7. The van der Waals surface area contributed by atoms with Crippen LogP contribution in [0.1, 0.15) is 10.4 Å². The Labute approximate surface area is 204 Å². The number of methoxy groups -OCH3 is 1. The maximum absolute atomic E-state index is 14.7. The van der Waals surface area contributed by atoms with Gasteiger partial charge in [0, 0.05) is 39.6 Å². The van der Waals surface area contributed by atoms with E-state index >= 15 is 0 Å². The normalized spacial score (nSPS) is 11.6. The average molecular weight is 510 g/mol. The lowest BCUT2D eigenvalue weighted by Gasteiger charge is -2.08. The lowest BCUT2D eigenvalue weighted by Crippen LogP contribution is -2.12.